The quantitative estimate of drug-likeness (QED) is 0.565. The van der Waals surface area contributed by atoms with Crippen molar-refractivity contribution in [1.82, 2.24) is 19.7 Å². The zero-order valence-corrected chi connectivity index (χ0v) is 15.5. The molecule has 28 heavy (non-hydrogen) atoms. The van der Waals surface area contributed by atoms with Gasteiger partial charge in [0.15, 0.2) is 5.82 Å². The molecular weight excluding hydrogens is 352 g/mol. The third-order valence-corrected chi connectivity index (χ3v) is 4.67. The number of hydrogen-bond donors (Lipinski definition) is 2. The second-order valence-corrected chi connectivity index (χ2v) is 6.80. The number of H-pyrrole nitrogens is 1. The summed E-state index contributed by atoms with van der Waals surface area (Å²) in [5.41, 5.74) is 2.59. The molecule has 3 aromatic heterocycles. The highest BCUT2D eigenvalue weighted by molar-refractivity contribution is 5.92. The van der Waals surface area contributed by atoms with E-state index in [9.17, 15) is 4.79 Å². The van der Waals surface area contributed by atoms with Crippen LogP contribution in [-0.2, 0) is 6.54 Å². The summed E-state index contributed by atoms with van der Waals surface area (Å²) in [5.74, 6) is 1.28. The van der Waals surface area contributed by atoms with Crippen molar-refractivity contribution in [3.8, 4) is 6.07 Å². The highest BCUT2D eigenvalue weighted by Crippen LogP contribution is 2.32. The van der Waals surface area contributed by atoms with Gasteiger partial charge in [0.2, 0.25) is 0 Å². The van der Waals surface area contributed by atoms with E-state index in [1.807, 2.05) is 41.1 Å². The molecule has 5 rings (SSSR count). The van der Waals surface area contributed by atoms with Crippen LogP contribution in [0.2, 0.25) is 0 Å². The summed E-state index contributed by atoms with van der Waals surface area (Å²) in [6, 6.07) is 13.5. The maximum atomic E-state index is 12.4. The minimum absolute atomic E-state index is 0.121. The molecule has 2 N–H and O–H groups in total. The Labute approximate surface area is 161 Å². The van der Waals surface area contributed by atoms with Gasteiger partial charge in [0.25, 0.3) is 5.56 Å². The Morgan fingerprint density at radius 1 is 1.32 bits per heavy atom. The Kier molecular flexibility index (Phi) is 4.77. The molecule has 140 valence electrons. The number of aromatic amines is 1. The van der Waals surface area contributed by atoms with Gasteiger partial charge in [-0.2, -0.15) is 10.4 Å². The maximum Gasteiger partial charge on any atom is 0.261 e. The number of anilines is 2. The number of benzene rings is 1. The van der Waals surface area contributed by atoms with Crippen molar-refractivity contribution >= 4 is 33.3 Å². The van der Waals surface area contributed by atoms with E-state index in [0.29, 0.717) is 17.1 Å². The lowest BCUT2D eigenvalue weighted by Gasteiger charge is -2.05. The highest BCUT2D eigenvalue weighted by atomic mass is 16.1. The first-order valence-electron chi connectivity index (χ1n) is 9.20. The molecule has 0 aliphatic heterocycles. The third-order valence-electron chi connectivity index (χ3n) is 4.67. The van der Waals surface area contributed by atoms with Crippen LogP contribution in [-0.4, -0.2) is 19.7 Å². The van der Waals surface area contributed by atoms with Gasteiger partial charge in [-0.15, -0.1) is 0 Å². The molecular formula is C21H20N6O. The minimum Gasteiger partial charge on any atom is -0.338 e. The standard InChI is InChI=1S/C19H17N5O.C2H3N/c25-19-17-16(7-9-21-19)24(11-12-3-4-12)23-18(17)22-14-5-6-15-13(10-14)2-1-8-20-15;1-2-3/h1-2,5-10,12H,3-4,11H2,(H,21,25)(H,22,23);1H3. The molecule has 4 aromatic rings. The smallest absolute Gasteiger partial charge is 0.261 e. The second-order valence-electron chi connectivity index (χ2n) is 6.80. The SMILES string of the molecule is CC#N.O=c1[nH]ccc2c1c(Nc1ccc3ncccc3c1)nn2CC1CC1. The maximum absolute atomic E-state index is 12.4. The van der Waals surface area contributed by atoms with Crippen molar-refractivity contribution in [2.75, 3.05) is 5.32 Å². The van der Waals surface area contributed by atoms with E-state index in [2.05, 4.69) is 20.4 Å². The highest BCUT2D eigenvalue weighted by Gasteiger charge is 2.24. The van der Waals surface area contributed by atoms with Gasteiger partial charge in [-0.05, 0) is 49.1 Å². The zero-order chi connectivity index (χ0) is 19.5. The molecule has 0 unspecified atom stereocenters. The number of hydrogen-bond acceptors (Lipinski definition) is 5. The first-order chi connectivity index (χ1) is 13.7. The molecule has 1 aliphatic rings. The fourth-order valence-corrected chi connectivity index (χ4v) is 3.20. The zero-order valence-electron chi connectivity index (χ0n) is 15.5. The molecule has 0 bridgehead atoms. The van der Waals surface area contributed by atoms with Gasteiger partial charge in [0.1, 0.15) is 5.39 Å². The van der Waals surface area contributed by atoms with Crippen molar-refractivity contribution < 1.29 is 0 Å². The monoisotopic (exact) mass is 372 g/mol. The Morgan fingerprint density at radius 3 is 2.93 bits per heavy atom. The summed E-state index contributed by atoms with van der Waals surface area (Å²) >= 11 is 0. The molecule has 3 heterocycles. The number of pyridine rings is 2. The van der Waals surface area contributed by atoms with Gasteiger partial charge >= 0.3 is 0 Å². The van der Waals surface area contributed by atoms with Gasteiger partial charge in [0.05, 0.1) is 17.1 Å². The second kappa shape index (κ2) is 7.53. The van der Waals surface area contributed by atoms with Crippen molar-refractivity contribution in [2.45, 2.75) is 26.3 Å². The molecule has 0 amide bonds. The fourth-order valence-electron chi connectivity index (χ4n) is 3.20. The van der Waals surface area contributed by atoms with Gasteiger partial charge in [0, 0.05) is 36.9 Å². The van der Waals surface area contributed by atoms with Crippen LogP contribution in [0, 0.1) is 17.2 Å². The van der Waals surface area contributed by atoms with Gasteiger partial charge in [-0.3, -0.25) is 14.5 Å². The molecule has 0 spiro atoms. The molecule has 1 aromatic carbocycles. The number of nitrogens with one attached hydrogen (secondary N) is 2. The van der Waals surface area contributed by atoms with Crippen LogP contribution in [0.25, 0.3) is 21.8 Å². The summed E-state index contributed by atoms with van der Waals surface area (Å²) in [7, 11) is 0. The summed E-state index contributed by atoms with van der Waals surface area (Å²) in [6.45, 7) is 2.29. The van der Waals surface area contributed by atoms with E-state index in [4.69, 9.17) is 5.26 Å². The van der Waals surface area contributed by atoms with Gasteiger partial charge < -0.3 is 10.3 Å². The van der Waals surface area contributed by atoms with Gasteiger partial charge in [-0.1, -0.05) is 6.07 Å². The van der Waals surface area contributed by atoms with E-state index in [1.165, 1.54) is 19.8 Å². The van der Waals surface area contributed by atoms with Crippen molar-refractivity contribution in [3.05, 3.63) is 59.1 Å². The van der Waals surface area contributed by atoms with E-state index < -0.39 is 0 Å². The Morgan fingerprint density at radius 2 is 2.14 bits per heavy atom. The number of fused-ring (bicyclic) bond motifs is 2. The molecule has 1 saturated carbocycles. The summed E-state index contributed by atoms with van der Waals surface area (Å²) in [5, 5.41) is 17.0. The molecule has 0 atom stereocenters. The first kappa shape index (κ1) is 17.7. The number of rotatable bonds is 4. The molecule has 7 nitrogen and oxygen atoms in total. The third kappa shape index (κ3) is 3.58. The van der Waals surface area contributed by atoms with E-state index in [0.717, 1.165) is 28.7 Å². The van der Waals surface area contributed by atoms with Crippen molar-refractivity contribution in [2.24, 2.45) is 5.92 Å². The molecule has 0 saturated heterocycles. The molecule has 7 heteroatoms. The van der Waals surface area contributed by atoms with Crippen LogP contribution in [0.1, 0.15) is 19.8 Å². The van der Waals surface area contributed by atoms with Crippen LogP contribution in [0.15, 0.2) is 53.6 Å². The van der Waals surface area contributed by atoms with Crippen LogP contribution in [0.5, 0.6) is 0 Å². The fraction of sp³-hybridized carbons (Fsp3) is 0.238. The molecule has 0 radical (unpaired) electrons. The van der Waals surface area contributed by atoms with Gasteiger partial charge in [-0.25, -0.2) is 0 Å². The average Bonchev–Trinajstić information content (AvgIpc) is 3.45. The van der Waals surface area contributed by atoms with E-state index in [-0.39, 0.29) is 5.56 Å². The van der Waals surface area contributed by atoms with E-state index in [1.54, 1.807) is 18.5 Å². The Hall–Kier alpha value is -3.66. The lowest BCUT2D eigenvalue weighted by Crippen LogP contribution is -2.06. The van der Waals surface area contributed by atoms with E-state index >= 15 is 0 Å². The summed E-state index contributed by atoms with van der Waals surface area (Å²) in [4.78, 5) is 19.4. The van der Waals surface area contributed by atoms with Crippen LogP contribution in [0.3, 0.4) is 0 Å². The molecule has 1 aliphatic carbocycles. The normalized spacial score (nSPS) is 13.0. The summed E-state index contributed by atoms with van der Waals surface area (Å²) < 4.78 is 1.95. The predicted molar refractivity (Wildman–Crippen MR) is 109 cm³/mol. The van der Waals surface area contributed by atoms with Crippen LogP contribution < -0.4 is 10.9 Å². The molecule has 1 fully saturated rings. The van der Waals surface area contributed by atoms with Crippen LogP contribution >= 0.6 is 0 Å². The largest absolute Gasteiger partial charge is 0.338 e. The number of nitriles is 1. The first-order valence-corrected chi connectivity index (χ1v) is 9.20. The number of aromatic nitrogens is 4. The number of nitrogens with zero attached hydrogens (tertiary/aromatic N) is 4. The average molecular weight is 372 g/mol. The van der Waals surface area contributed by atoms with Crippen molar-refractivity contribution in [1.29, 1.82) is 5.26 Å². The van der Waals surface area contributed by atoms with Crippen molar-refractivity contribution in [3.63, 3.8) is 0 Å². The predicted octanol–water partition coefficient (Wildman–Crippen LogP) is 3.96. The lowest BCUT2D eigenvalue weighted by molar-refractivity contribution is 0.582. The minimum atomic E-state index is -0.121. The van der Waals surface area contributed by atoms with Crippen LogP contribution in [0.4, 0.5) is 11.5 Å². The Bertz CT molecular complexity index is 1230. The lowest BCUT2D eigenvalue weighted by atomic mass is 10.2. The Balaban J connectivity index is 0.000000604. The summed E-state index contributed by atoms with van der Waals surface area (Å²) in [6.07, 6.45) is 5.94. The topological polar surface area (TPSA) is 99.4 Å².